The fourth-order valence-electron chi connectivity index (χ4n) is 4.20. The van der Waals surface area contributed by atoms with Crippen molar-refractivity contribution in [3.05, 3.63) is 29.3 Å². The number of unbranched alkanes of at least 4 members (excludes halogenated alkanes) is 4. The summed E-state index contributed by atoms with van der Waals surface area (Å²) in [6, 6.07) is 0.0613. The van der Waals surface area contributed by atoms with E-state index in [4.69, 9.17) is 14.2 Å². The van der Waals surface area contributed by atoms with Gasteiger partial charge in [-0.3, -0.25) is 9.59 Å². The van der Waals surface area contributed by atoms with Crippen LogP contribution in [0.4, 0.5) is 17.6 Å². The van der Waals surface area contributed by atoms with Crippen molar-refractivity contribution < 1.29 is 46.1 Å². The van der Waals surface area contributed by atoms with Crippen molar-refractivity contribution in [2.24, 2.45) is 0 Å². The smallest absolute Gasteiger partial charge is 0.311 e. The lowest BCUT2D eigenvalue weighted by Crippen LogP contribution is -2.29. The first-order valence-electron chi connectivity index (χ1n) is 16.7. The summed E-state index contributed by atoms with van der Waals surface area (Å²) in [4.78, 5) is 21.9. The van der Waals surface area contributed by atoms with Gasteiger partial charge in [-0.1, -0.05) is 6.42 Å². The van der Waals surface area contributed by atoms with E-state index in [1.54, 1.807) is 0 Å². The highest BCUT2D eigenvalue weighted by Gasteiger charge is 2.22. The minimum atomic E-state index is -1.73. The van der Waals surface area contributed by atoms with Gasteiger partial charge < -0.3 is 45.5 Å². The molecule has 0 bridgehead atoms. The minimum Gasteiger partial charge on any atom is -0.420 e. The van der Waals surface area contributed by atoms with Crippen molar-refractivity contribution in [2.45, 2.75) is 57.8 Å². The normalized spacial score (nSPS) is 11.2. The Bertz CT molecular complexity index is 912. The van der Waals surface area contributed by atoms with E-state index in [0.717, 1.165) is 104 Å². The molecule has 0 saturated heterocycles. The maximum atomic E-state index is 13.6. The molecule has 47 heavy (non-hydrogen) atoms. The molecule has 0 aliphatic heterocycles. The SMILES string of the molecule is O=CNCCCCNCCNCCCOCCOCCOCCNCCCCNCCCCCC(=O)Oc1c(F)c(F)cc(F)c1F. The van der Waals surface area contributed by atoms with Crippen LogP contribution in [0.5, 0.6) is 5.75 Å². The molecule has 0 radical (unpaired) electrons. The van der Waals surface area contributed by atoms with E-state index in [2.05, 4.69) is 31.3 Å². The van der Waals surface area contributed by atoms with Gasteiger partial charge in [0.25, 0.3) is 0 Å². The molecule has 1 rings (SSSR count). The molecular formula is C32H55F4N5O6. The summed E-state index contributed by atoms with van der Waals surface area (Å²) in [5.41, 5.74) is 0. The van der Waals surface area contributed by atoms with E-state index < -0.39 is 35.0 Å². The van der Waals surface area contributed by atoms with Crippen molar-refractivity contribution in [1.29, 1.82) is 0 Å². The molecule has 5 N–H and O–H groups in total. The Balaban J connectivity index is 1.73. The second-order valence-corrected chi connectivity index (χ2v) is 10.8. The predicted molar refractivity (Wildman–Crippen MR) is 171 cm³/mol. The molecule has 1 aromatic rings. The van der Waals surface area contributed by atoms with Crippen molar-refractivity contribution in [2.75, 3.05) is 98.5 Å². The van der Waals surface area contributed by atoms with Crippen LogP contribution in [-0.4, -0.2) is 111 Å². The average Bonchev–Trinajstić information content (AvgIpc) is 3.06. The summed E-state index contributed by atoms with van der Waals surface area (Å²) in [5.74, 6) is -8.99. The summed E-state index contributed by atoms with van der Waals surface area (Å²) in [7, 11) is 0. The highest BCUT2D eigenvalue weighted by Crippen LogP contribution is 2.26. The number of ether oxygens (including phenoxy) is 4. The largest absolute Gasteiger partial charge is 0.420 e. The third kappa shape index (κ3) is 24.4. The molecule has 15 heteroatoms. The highest BCUT2D eigenvalue weighted by molar-refractivity contribution is 5.72. The second-order valence-electron chi connectivity index (χ2n) is 10.8. The van der Waals surface area contributed by atoms with Crippen LogP contribution in [0.1, 0.15) is 57.8 Å². The van der Waals surface area contributed by atoms with E-state index in [0.29, 0.717) is 52.5 Å². The summed E-state index contributed by atoms with van der Waals surface area (Å²) in [6.07, 6.45) is 7.56. The van der Waals surface area contributed by atoms with Gasteiger partial charge in [-0.15, -0.1) is 0 Å². The van der Waals surface area contributed by atoms with Crippen LogP contribution in [0, 0.1) is 23.3 Å². The topological polar surface area (TPSA) is 131 Å². The lowest BCUT2D eigenvalue weighted by molar-refractivity contribution is -0.135. The second kappa shape index (κ2) is 30.9. The van der Waals surface area contributed by atoms with Crippen molar-refractivity contribution >= 4 is 12.4 Å². The number of carbonyl (C=O) groups is 2. The van der Waals surface area contributed by atoms with Gasteiger partial charge in [0.05, 0.1) is 33.0 Å². The zero-order valence-corrected chi connectivity index (χ0v) is 27.6. The number of benzene rings is 1. The number of hydrogen-bond acceptors (Lipinski definition) is 10. The summed E-state index contributed by atoms with van der Waals surface area (Å²) < 4.78 is 74.6. The molecule has 0 atom stereocenters. The minimum absolute atomic E-state index is 0.0613. The number of esters is 1. The number of amides is 1. The van der Waals surface area contributed by atoms with E-state index >= 15 is 0 Å². The number of nitrogens with one attached hydrogen (secondary N) is 5. The number of hydrogen-bond donors (Lipinski definition) is 5. The fraction of sp³-hybridized carbons (Fsp3) is 0.750. The van der Waals surface area contributed by atoms with Gasteiger partial charge in [0.2, 0.25) is 23.8 Å². The van der Waals surface area contributed by atoms with Crippen LogP contribution in [-0.2, 0) is 23.8 Å². The van der Waals surface area contributed by atoms with E-state index in [1.807, 2.05) is 0 Å². The van der Waals surface area contributed by atoms with Crippen LogP contribution in [0.3, 0.4) is 0 Å². The van der Waals surface area contributed by atoms with Gasteiger partial charge in [0.15, 0.2) is 11.6 Å². The molecule has 272 valence electrons. The molecule has 11 nitrogen and oxygen atoms in total. The van der Waals surface area contributed by atoms with Gasteiger partial charge in [0.1, 0.15) is 0 Å². The van der Waals surface area contributed by atoms with Gasteiger partial charge in [0, 0.05) is 45.3 Å². The first-order chi connectivity index (χ1) is 23.0. The number of halogens is 4. The molecular weight excluding hydrogens is 626 g/mol. The Hall–Kier alpha value is -2.40. The Morgan fingerprint density at radius 1 is 0.553 bits per heavy atom. The zero-order valence-electron chi connectivity index (χ0n) is 27.6. The monoisotopic (exact) mass is 681 g/mol. The molecule has 0 aliphatic carbocycles. The lowest BCUT2D eigenvalue weighted by atomic mass is 10.2. The summed E-state index contributed by atoms with van der Waals surface area (Å²) in [6.45, 7) is 11.3. The first-order valence-corrected chi connectivity index (χ1v) is 16.7. The van der Waals surface area contributed by atoms with Crippen LogP contribution in [0.25, 0.3) is 0 Å². The number of rotatable bonds is 34. The van der Waals surface area contributed by atoms with Gasteiger partial charge in [-0.05, 0) is 77.7 Å². The Kier molecular flexibility index (Phi) is 28.0. The predicted octanol–water partition coefficient (Wildman–Crippen LogP) is 2.81. The van der Waals surface area contributed by atoms with Crippen LogP contribution >= 0.6 is 0 Å². The average molecular weight is 682 g/mol. The van der Waals surface area contributed by atoms with Crippen molar-refractivity contribution in [3.63, 3.8) is 0 Å². The molecule has 0 aromatic heterocycles. The molecule has 0 unspecified atom stereocenters. The lowest BCUT2D eigenvalue weighted by Gasteiger charge is -2.09. The fourth-order valence-corrected chi connectivity index (χ4v) is 4.20. The first kappa shape index (κ1) is 42.6. The molecule has 0 fully saturated rings. The standard InChI is InChI=1S/C32H55F4N5O6/c33-27-25-28(34)31(36)32(30(27)35)47-29(43)9-2-1-3-10-37-11-4-5-13-40-18-20-45-22-24-46-23-21-44-19-8-15-39-17-16-38-12-6-7-14-41-26-42/h25-26,37-40H,1-24H2,(H,41,42). The highest BCUT2D eigenvalue weighted by atomic mass is 19.2. The van der Waals surface area contributed by atoms with Crippen LogP contribution < -0.4 is 31.3 Å². The Morgan fingerprint density at radius 2 is 1.02 bits per heavy atom. The van der Waals surface area contributed by atoms with Gasteiger partial charge in [-0.25, -0.2) is 8.78 Å². The molecule has 0 aliphatic rings. The third-order valence-electron chi connectivity index (χ3n) is 6.77. The van der Waals surface area contributed by atoms with Crippen molar-refractivity contribution in [3.8, 4) is 5.75 Å². The molecule has 0 saturated carbocycles. The Labute approximate surface area is 276 Å². The molecule has 0 heterocycles. The van der Waals surface area contributed by atoms with Crippen LogP contribution in [0.15, 0.2) is 6.07 Å². The van der Waals surface area contributed by atoms with Crippen molar-refractivity contribution in [1.82, 2.24) is 26.6 Å². The molecule has 1 aromatic carbocycles. The Morgan fingerprint density at radius 3 is 1.62 bits per heavy atom. The zero-order chi connectivity index (χ0) is 34.2. The van der Waals surface area contributed by atoms with E-state index in [-0.39, 0.29) is 12.5 Å². The summed E-state index contributed by atoms with van der Waals surface area (Å²) in [5, 5.41) is 16.1. The molecule has 0 spiro atoms. The van der Waals surface area contributed by atoms with Gasteiger partial charge in [-0.2, -0.15) is 8.78 Å². The van der Waals surface area contributed by atoms with E-state index in [9.17, 15) is 27.2 Å². The maximum absolute atomic E-state index is 13.6. The van der Waals surface area contributed by atoms with Gasteiger partial charge >= 0.3 is 5.97 Å². The molecule has 1 amide bonds. The quantitative estimate of drug-likeness (QED) is 0.0185. The van der Waals surface area contributed by atoms with Crippen LogP contribution in [0.2, 0.25) is 0 Å². The van der Waals surface area contributed by atoms with E-state index in [1.165, 1.54) is 0 Å². The number of carbonyl (C=O) groups excluding carboxylic acids is 2. The summed E-state index contributed by atoms with van der Waals surface area (Å²) >= 11 is 0. The third-order valence-corrected chi connectivity index (χ3v) is 6.77. The maximum Gasteiger partial charge on any atom is 0.311 e.